The lowest BCUT2D eigenvalue weighted by Gasteiger charge is -2.31. The summed E-state index contributed by atoms with van der Waals surface area (Å²) in [7, 11) is 1.39. The van der Waals surface area contributed by atoms with E-state index in [1.807, 2.05) is 36.4 Å². The Balaban J connectivity index is 1.58. The third-order valence-corrected chi connectivity index (χ3v) is 6.59. The fourth-order valence-corrected chi connectivity index (χ4v) is 4.69. The monoisotopic (exact) mass is 444 g/mol. The van der Waals surface area contributed by atoms with E-state index in [4.69, 9.17) is 9.15 Å². The molecular formula is C26H24N2O5. The second kappa shape index (κ2) is 8.24. The molecule has 3 aliphatic rings. The molecule has 1 N–H and O–H groups in total. The van der Waals surface area contributed by atoms with E-state index in [0.29, 0.717) is 18.4 Å². The number of rotatable bonds is 6. The highest BCUT2D eigenvalue weighted by atomic mass is 16.6. The molecule has 1 aromatic heterocycles. The average molecular weight is 444 g/mol. The Morgan fingerprint density at radius 2 is 1.97 bits per heavy atom. The number of dihydropyridines is 1. The van der Waals surface area contributed by atoms with Crippen molar-refractivity contribution in [3.05, 3.63) is 105 Å². The number of hydrogen-bond acceptors (Lipinski definition) is 6. The van der Waals surface area contributed by atoms with E-state index in [-0.39, 0.29) is 22.1 Å². The number of non-ortho nitro benzene ring substituents is 1. The van der Waals surface area contributed by atoms with E-state index in [0.717, 1.165) is 52.9 Å². The van der Waals surface area contributed by atoms with Crippen LogP contribution in [0.4, 0.5) is 5.69 Å². The van der Waals surface area contributed by atoms with Crippen molar-refractivity contribution >= 4 is 17.2 Å². The van der Waals surface area contributed by atoms with Crippen LogP contribution in [0.15, 0.2) is 87.7 Å². The zero-order chi connectivity index (χ0) is 23.0. The number of nitro groups is 1. The van der Waals surface area contributed by atoms with Gasteiger partial charge in [-0.2, -0.15) is 0 Å². The molecule has 0 amide bonds. The van der Waals surface area contributed by atoms with Crippen molar-refractivity contribution in [1.29, 1.82) is 0 Å². The SMILES string of the molecule is COC(=O)C1=CC=C(C2=CNC3(CC3)C(c3ccco3)=C2Cc2ccc([N+](=O)[O-])cc2)CC1. The van der Waals surface area contributed by atoms with Gasteiger partial charge in [0, 0.05) is 29.5 Å². The molecule has 1 spiro atoms. The smallest absolute Gasteiger partial charge is 0.333 e. The van der Waals surface area contributed by atoms with E-state index in [1.54, 1.807) is 18.4 Å². The van der Waals surface area contributed by atoms with Gasteiger partial charge < -0.3 is 14.5 Å². The summed E-state index contributed by atoms with van der Waals surface area (Å²) in [4.78, 5) is 22.6. The first-order valence-electron chi connectivity index (χ1n) is 11.0. The topological polar surface area (TPSA) is 94.6 Å². The number of carbonyl (C=O) groups is 1. The predicted octanol–water partition coefficient (Wildman–Crippen LogP) is 5.02. The number of hydrogen-bond donors (Lipinski definition) is 1. The molecule has 0 bridgehead atoms. The van der Waals surface area contributed by atoms with Gasteiger partial charge in [-0.25, -0.2) is 4.79 Å². The number of furan rings is 1. The Bertz CT molecular complexity index is 1230. The summed E-state index contributed by atoms with van der Waals surface area (Å²) in [6.45, 7) is 0. The third kappa shape index (κ3) is 3.91. The number of allylic oxidation sites excluding steroid dienone is 5. The normalized spacial score (nSPS) is 18.8. The lowest BCUT2D eigenvalue weighted by Crippen LogP contribution is -2.33. The molecule has 2 aliphatic carbocycles. The summed E-state index contributed by atoms with van der Waals surface area (Å²) >= 11 is 0. The molecule has 168 valence electrons. The van der Waals surface area contributed by atoms with Crippen LogP contribution in [0.25, 0.3) is 5.57 Å². The maximum absolute atomic E-state index is 11.9. The first-order valence-corrected chi connectivity index (χ1v) is 11.0. The molecule has 0 radical (unpaired) electrons. The predicted molar refractivity (Wildman–Crippen MR) is 123 cm³/mol. The number of nitro benzene ring substituents is 1. The van der Waals surface area contributed by atoms with Gasteiger partial charge in [-0.15, -0.1) is 0 Å². The van der Waals surface area contributed by atoms with Gasteiger partial charge in [0.2, 0.25) is 0 Å². The van der Waals surface area contributed by atoms with Crippen LogP contribution in [0.3, 0.4) is 0 Å². The number of nitrogens with zero attached hydrogens (tertiary/aromatic N) is 1. The highest BCUT2D eigenvalue weighted by Crippen LogP contribution is 2.53. The van der Waals surface area contributed by atoms with E-state index < -0.39 is 0 Å². The minimum atomic E-state index is -0.384. The van der Waals surface area contributed by atoms with E-state index in [2.05, 4.69) is 11.5 Å². The second-order valence-corrected chi connectivity index (χ2v) is 8.59. The third-order valence-electron chi connectivity index (χ3n) is 6.59. The standard InChI is InChI=1S/C26H24N2O5/c1-32-25(29)19-8-6-18(7-9-19)22-16-27-26(12-13-26)24(23-3-2-14-33-23)21(22)15-17-4-10-20(11-5-17)28(30)31/h2-6,8,10-11,14,16,27H,7,9,12-13,15H2,1H3. The molecule has 7 heteroatoms. The molecule has 7 nitrogen and oxygen atoms in total. The summed E-state index contributed by atoms with van der Waals surface area (Å²) in [5.74, 6) is 0.542. The summed E-state index contributed by atoms with van der Waals surface area (Å²) in [5.41, 5.74) is 6.10. The van der Waals surface area contributed by atoms with Crippen molar-refractivity contribution in [1.82, 2.24) is 5.32 Å². The Kier molecular flexibility index (Phi) is 5.24. The number of carbonyl (C=O) groups excluding carboxylic acids is 1. The largest absolute Gasteiger partial charge is 0.466 e. The molecular weight excluding hydrogens is 420 g/mol. The Morgan fingerprint density at radius 3 is 2.55 bits per heavy atom. The van der Waals surface area contributed by atoms with Crippen LogP contribution in [0, 0.1) is 10.1 Å². The fourth-order valence-electron chi connectivity index (χ4n) is 4.69. The van der Waals surface area contributed by atoms with Crippen molar-refractivity contribution in [2.75, 3.05) is 7.11 Å². The molecule has 1 saturated carbocycles. The first-order chi connectivity index (χ1) is 16.0. The molecule has 0 unspecified atom stereocenters. The van der Waals surface area contributed by atoms with E-state index in [1.165, 1.54) is 7.11 Å². The van der Waals surface area contributed by atoms with Crippen LogP contribution in [-0.2, 0) is 16.0 Å². The van der Waals surface area contributed by atoms with Crippen LogP contribution < -0.4 is 5.32 Å². The minimum Gasteiger partial charge on any atom is -0.466 e. The lowest BCUT2D eigenvalue weighted by atomic mass is 9.80. The Morgan fingerprint density at radius 1 is 1.18 bits per heavy atom. The summed E-state index contributed by atoms with van der Waals surface area (Å²) in [6, 6.07) is 10.6. The lowest BCUT2D eigenvalue weighted by molar-refractivity contribution is -0.384. The molecule has 1 fully saturated rings. The van der Waals surface area contributed by atoms with Crippen LogP contribution in [0.5, 0.6) is 0 Å². The molecule has 1 aromatic carbocycles. The molecule has 1 aliphatic heterocycles. The quantitative estimate of drug-likeness (QED) is 0.382. The van der Waals surface area contributed by atoms with Gasteiger partial charge in [-0.1, -0.05) is 24.3 Å². The van der Waals surface area contributed by atoms with Crippen LogP contribution in [0.2, 0.25) is 0 Å². The molecule has 2 aromatic rings. The molecule has 0 atom stereocenters. The molecule has 0 saturated heterocycles. The van der Waals surface area contributed by atoms with Gasteiger partial charge in [-0.3, -0.25) is 10.1 Å². The maximum Gasteiger partial charge on any atom is 0.333 e. The second-order valence-electron chi connectivity index (χ2n) is 8.59. The zero-order valence-corrected chi connectivity index (χ0v) is 18.3. The van der Waals surface area contributed by atoms with Gasteiger partial charge in [0.1, 0.15) is 5.76 Å². The van der Waals surface area contributed by atoms with Gasteiger partial charge in [0.15, 0.2) is 0 Å². The zero-order valence-electron chi connectivity index (χ0n) is 18.3. The molecule has 5 rings (SSSR count). The number of esters is 1. The number of methoxy groups -OCH3 is 1. The highest BCUT2D eigenvalue weighted by Gasteiger charge is 2.50. The first kappa shape index (κ1) is 21.0. The van der Waals surface area contributed by atoms with E-state index >= 15 is 0 Å². The van der Waals surface area contributed by atoms with Crippen molar-refractivity contribution in [2.45, 2.75) is 37.6 Å². The van der Waals surface area contributed by atoms with Crippen LogP contribution >= 0.6 is 0 Å². The van der Waals surface area contributed by atoms with Gasteiger partial charge in [-0.05, 0) is 66.5 Å². The van der Waals surface area contributed by atoms with Crippen molar-refractivity contribution < 1.29 is 18.9 Å². The Hall–Kier alpha value is -3.87. The van der Waals surface area contributed by atoms with Crippen molar-refractivity contribution in [3.8, 4) is 0 Å². The average Bonchev–Trinajstić information content (AvgIpc) is 3.38. The summed E-state index contributed by atoms with van der Waals surface area (Å²) in [6.07, 6.45) is 11.6. The minimum absolute atomic E-state index is 0.0780. The summed E-state index contributed by atoms with van der Waals surface area (Å²) in [5, 5.41) is 14.7. The van der Waals surface area contributed by atoms with Crippen LogP contribution in [0.1, 0.15) is 37.0 Å². The highest BCUT2D eigenvalue weighted by molar-refractivity contribution is 5.89. The maximum atomic E-state index is 11.9. The Labute approximate surface area is 191 Å². The van der Waals surface area contributed by atoms with Crippen molar-refractivity contribution in [3.63, 3.8) is 0 Å². The van der Waals surface area contributed by atoms with Gasteiger partial charge >= 0.3 is 5.97 Å². The van der Waals surface area contributed by atoms with Gasteiger partial charge in [0.25, 0.3) is 5.69 Å². The van der Waals surface area contributed by atoms with Gasteiger partial charge in [0.05, 0.1) is 23.8 Å². The molecule has 2 heterocycles. The summed E-state index contributed by atoms with van der Waals surface area (Å²) < 4.78 is 10.7. The van der Waals surface area contributed by atoms with Crippen molar-refractivity contribution in [2.24, 2.45) is 0 Å². The number of benzene rings is 1. The molecule has 33 heavy (non-hydrogen) atoms. The van der Waals surface area contributed by atoms with Crippen LogP contribution in [-0.4, -0.2) is 23.5 Å². The van der Waals surface area contributed by atoms with E-state index in [9.17, 15) is 14.9 Å². The number of nitrogens with one attached hydrogen (secondary N) is 1. The fraction of sp³-hybridized carbons (Fsp3) is 0.269. The number of ether oxygens (including phenoxy) is 1.